The van der Waals surface area contributed by atoms with Crippen LogP contribution in [-0.2, 0) is 16.1 Å². The van der Waals surface area contributed by atoms with Crippen LogP contribution < -0.4 is 10.1 Å². The number of amides is 1. The van der Waals surface area contributed by atoms with Crippen molar-refractivity contribution in [3.05, 3.63) is 59.1 Å². The van der Waals surface area contributed by atoms with Gasteiger partial charge in [-0.15, -0.1) is 0 Å². The molecular formula is C17H18ClNO3. The number of methoxy groups -OCH3 is 1. The first kappa shape index (κ1) is 16.3. The Hall–Kier alpha value is -2.04. The minimum Gasteiger partial charge on any atom is -0.481 e. The molecule has 5 heteroatoms. The second kappa shape index (κ2) is 7.82. The minimum absolute atomic E-state index is 0.227. The summed E-state index contributed by atoms with van der Waals surface area (Å²) in [6.45, 7) is 2.19. The number of ether oxygens (including phenoxy) is 2. The van der Waals surface area contributed by atoms with E-state index in [-0.39, 0.29) is 5.91 Å². The Kier molecular flexibility index (Phi) is 5.81. The van der Waals surface area contributed by atoms with Crippen LogP contribution in [0.2, 0.25) is 5.02 Å². The Balaban J connectivity index is 1.97. The number of carbonyl (C=O) groups is 1. The van der Waals surface area contributed by atoms with Crippen LogP contribution in [0.25, 0.3) is 0 Å². The van der Waals surface area contributed by atoms with Gasteiger partial charge in [0.25, 0.3) is 5.91 Å². The summed E-state index contributed by atoms with van der Waals surface area (Å²) in [5.41, 5.74) is 1.70. The molecule has 1 unspecified atom stereocenters. The highest BCUT2D eigenvalue weighted by Crippen LogP contribution is 2.19. The van der Waals surface area contributed by atoms with Gasteiger partial charge < -0.3 is 14.8 Å². The van der Waals surface area contributed by atoms with E-state index in [1.165, 1.54) is 0 Å². The second-order valence-corrected chi connectivity index (χ2v) is 5.28. The lowest BCUT2D eigenvalue weighted by molar-refractivity contribution is -0.122. The average molecular weight is 320 g/mol. The standard InChI is InChI=1S/C17H18ClNO3/c1-12(22-16-8-4-6-14(18)10-16)17(20)19-15-7-3-5-13(9-15)11-21-2/h3-10,12H,11H2,1-2H3,(H,19,20). The molecule has 0 saturated carbocycles. The molecule has 116 valence electrons. The molecule has 2 aromatic rings. The van der Waals surface area contributed by atoms with E-state index in [0.29, 0.717) is 23.1 Å². The van der Waals surface area contributed by atoms with Crippen LogP contribution >= 0.6 is 11.6 Å². The topological polar surface area (TPSA) is 47.6 Å². The number of hydrogen-bond acceptors (Lipinski definition) is 3. The number of nitrogens with one attached hydrogen (secondary N) is 1. The summed E-state index contributed by atoms with van der Waals surface area (Å²) in [7, 11) is 1.63. The van der Waals surface area contributed by atoms with Gasteiger partial charge in [0.15, 0.2) is 6.10 Å². The summed E-state index contributed by atoms with van der Waals surface area (Å²) < 4.78 is 10.7. The lowest BCUT2D eigenvalue weighted by Crippen LogP contribution is -2.30. The van der Waals surface area contributed by atoms with Crippen LogP contribution in [0.1, 0.15) is 12.5 Å². The van der Waals surface area contributed by atoms with E-state index in [9.17, 15) is 4.79 Å². The third-order valence-corrected chi connectivity index (χ3v) is 3.22. The highest BCUT2D eigenvalue weighted by atomic mass is 35.5. The molecule has 0 fully saturated rings. The fourth-order valence-corrected chi connectivity index (χ4v) is 2.13. The molecule has 0 aliphatic carbocycles. The first-order valence-corrected chi connectivity index (χ1v) is 7.27. The zero-order valence-corrected chi connectivity index (χ0v) is 13.3. The van der Waals surface area contributed by atoms with Crippen molar-refractivity contribution in [2.45, 2.75) is 19.6 Å². The molecule has 1 atom stereocenters. The lowest BCUT2D eigenvalue weighted by atomic mass is 10.2. The van der Waals surface area contributed by atoms with E-state index in [0.717, 1.165) is 5.56 Å². The molecule has 0 saturated heterocycles. The minimum atomic E-state index is -0.635. The van der Waals surface area contributed by atoms with Gasteiger partial charge in [0.1, 0.15) is 5.75 Å². The molecule has 1 N–H and O–H groups in total. The van der Waals surface area contributed by atoms with Crippen LogP contribution in [0.3, 0.4) is 0 Å². The van der Waals surface area contributed by atoms with Crippen molar-refractivity contribution in [1.29, 1.82) is 0 Å². The number of carbonyl (C=O) groups excluding carboxylic acids is 1. The van der Waals surface area contributed by atoms with Crippen LogP contribution in [0.5, 0.6) is 5.75 Å². The number of benzene rings is 2. The molecular weight excluding hydrogens is 302 g/mol. The monoisotopic (exact) mass is 319 g/mol. The van der Waals surface area contributed by atoms with E-state index < -0.39 is 6.10 Å². The van der Waals surface area contributed by atoms with E-state index >= 15 is 0 Å². The third-order valence-electron chi connectivity index (χ3n) is 2.98. The van der Waals surface area contributed by atoms with Crippen molar-refractivity contribution < 1.29 is 14.3 Å². The average Bonchev–Trinajstić information content (AvgIpc) is 2.48. The predicted molar refractivity (Wildman–Crippen MR) is 87.3 cm³/mol. The highest BCUT2D eigenvalue weighted by Gasteiger charge is 2.15. The Bertz CT molecular complexity index is 645. The second-order valence-electron chi connectivity index (χ2n) is 4.84. The maximum Gasteiger partial charge on any atom is 0.265 e. The summed E-state index contributed by atoms with van der Waals surface area (Å²) in [6.07, 6.45) is -0.635. The first-order chi connectivity index (χ1) is 10.6. The summed E-state index contributed by atoms with van der Waals surface area (Å²) in [5, 5.41) is 3.39. The first-order valence-electron chi connectivity index (χ1n) is 6.89. The van der Waals surface area contributed by atoms with Crippen molar-refractivity contribution in [3.63, 3.8) is 0 Å². The smallest absolute Gasteiger partial charge is 0.265 e. The zero-order valence-electron chi connectivity index (χ0n) is 12.5. The SMILES string of the molecule is COCc1cccc(NC(=O)C(C)Oc2cccc(Cl)c2)c1. The van der Waals surface area contributed by atoms with Crippen molar-refractivity contribution in [1.82, 2.24) is 0 Å². The molecule has 2 aromatic carbocycles. The van der Waals surface area contributed by atoms with Gasteiger partial charge in [0.05, 0.1) is 6.61 Å². The van der Waals surface area contributed by atoms with E-state index in [1.54, 1.807) is 38.3 Å². The molecule has 2 rings (SSSR count). The molecule has 0 radical (unpaired) electrons. The number of halogens is 1. The summed E-state index contributed by atoms with van der Waals surface area (Å²) in [6, 6.07) is 14.4. The van der Waals surface area contributed by atoms with Gasteiger partial charge in [0, 0.05) is 17.8 Å². The Morgan fingerprint density at radius 1 is 1.23 bits per heavy atom. The van der Waals surface area contributed by atoms with E-state index in [1.807, 2.05) is 24.3 Å². The largest absolute Gasteiger partial charge is 0.481 e. The van der Waals surface area contributed by atoms with Crippen molar-refractivity contribution in [2.75, 3.05) is 12.4 Å². The highest BCUT2D eigenvalue weighted by molar-refractivity contribution is 6.30. The summed E-state index contributed by atoms with van der Waals surface area (Å²) in [4.78, 5) is 12.2. The van der Waals surface area contributed by atoms with Gasteiger partial charge in [-0.2, -0.15) is 0 Å². The van der Waals surface area contributed by atoms with Gasteiger partial charge in [-0.05, 0) is 42.8 Å². The van der Waals surface area contributed by atoms with Gasteiger partial charge in [-0.25, -0.2) is 0 Å². The number of anilines is 1. The van der Waals surface area contributed by atoms with E-state index in [2.05, 4.69) is 5.32 Å². The van der Waals surface area contributed by atoms with Gasteiger partial charge in [-0.1, -0.05) is 29.8 Å². The summed E-state index contributed by atoms with van der Waals surface area (Å²) in [5.74, 6) is 0.331. The predicted octanol–water partition coefficient (Wildman–Crippen LogP) is 3.89. The Labute approximate surface area is 135 Å². The molecule has 4 nitrogen and oxygen atoms in total. The zero-order chi connectivity index (χ0) is 15.9. The van der Waals surface area contributed by atoms with Crippen LogP contribution in [0.15, 0.2) is 48.5 Å². The van der Waals surface area contributed by atoms with Crippen LogP contribution in [0, 0.1) is 0 Å². The molecule has 0 heterocycles. The quantitative estimate of drug-likeness (QED) is 0.878. The van der Waals surface area contributed by atoms with Gasteiger partial charge >= 0.3 is 0 Å². The lowest BCUT2D eigenvalue weighted by Gasteiger charge is -2.15. The maximum atomic E-state index is 12.2. The number of rotatable bonds is 6. The molecule has 0 aliphatic rings. The molecule has 1 amide bonds. The molecule has 0 spiro atoms. The van der Waals surface area contributed by atoms with Crippen LogP contribution in [-0.4, -0.2) is 19.1 Å². The molecule has 22 heavy (non-hydrogen) atoms. The van der Waals surface area contributed by atoms with Crippen molar-refractivity contribution in [3.8, 4) is 5.75 Å². The number of hydrogen-bond donors (Lipinski definition) is 1. The maximum absolute atomic E-state index is 12.2. The molecule has 0 aromatic heterocycles. The molecule has 0 aliphatic heterocycles. The fourth-order valence-electron chi connectivity index (χ4n) is 1.95. The Morgan fingerprint density at radius 3 is 2.73 bits per heavy atom. The fraction of sp³-hybridized carbons (Fsp3) is 0.235. The van der Waals surface area contributed by atoms with Crippen molar-refractivity contribution >= 4 is 23.2 Å². The van der Waals surface area contributed by atoms with Crippen LogP contribution in [0.4, 0.5) is 5.69 Å². The normalized spacial score (nSPS) is 11.8. The molecule has 0 bridgehead atoms. The third kappa shape index (κ3) is 4.76. The van der Waals surface area contributed by atoms with Gasteiger partial charge in [-0.3, -0.25) is 4.79 Å². The van der Waals surface area contributed by atoms with Crippen molar-refractivity contribution in [2.24, 2.45) is 0 Å². The Morgan fingerprint density at radius 2 is 2.00 bits per heavy atom. The summed E-state index contributed by atoms with van der Waals surface area (Å²) >= 11 is 5.89. The van der Waals surface area contributed by atoms with Gasteiger partial charge in [0.2, 0.25) is 0 Å². The van der Waals surface area contributed by atoms with E-state index in [4.69, 9.17) is 21.1 Å².